The predicted molar refractivity (Wildman–Crippen MR) is 71.1 cm³/mol. The summed E-state index contributed by atoms with van der Waals surface area (Å²) in [5, 5.41) is 9.11. The zero-order valence-corrected chi connectivity index (χ0v) is 11.4. The molecule has 0 aromatic carbocycles. The molecule has 1 N–H and O–H groups in total. The van der Waals surface area contributed by atoms with Crippen LogP contribution in [0.4, 0.5) is 5.13 Å². The van der Waals surface area contributed by atoms with E-state index in [1.807, 2.05) is 0 Å². The average molecular weight is 286 g/mol. The van der Waals surface area contributed by atoms with E-state index in [4.69, 9.17) is 5.11 Å². The molecule has 0 saturated carbocycles. The first-order chi connectivity index (χ1) is 8.63. The molecule has 2 rings (SSSR count). The van der Waals surface area contributed by atoms with Gasteiger partial charge in [0.05, 0.1) is 23.4 Å². The predicted octanol–water partition coefficient (Wildman–Crippen LogP) is 0.807. The molecule has 0 amide bonds. The number of anilines is 1. The Morgan fingerprint density at radius 1 is 1.50 bits per heavy atom. The van der Waals surface area contributed by atoms with E-state index in [9.17, 15) is 8.42 Å². The van der Waals surface area contributed by atoms with Crippen LogP contribution in [0.25, 0.3) is 0 Å². The van der Waals surface area contributed by atoms with Crippen LogP contribution >= 0.6 is 11.3 Å². The monoisotopic (exact) mass is 286 g/mol. The Morgan fingerprint density at radius 2 is 2.33 bits per heavy atom. The number of hydrogen-bond donors (Lipinski definition) is 1. The Balaban J connectivity index is 2.17. The first-order valence-electron chi connectivity index (χ1n) is 5.69. The van der Waals surface area contributed by atoms with Gasteiger partial charge in [-0.15, -0.1) is 0 Å². The van der Waals surface area contributed by atoms with Gasteiger partial charge in [0.15, 0.2) is 5.13 Å². The van der Waals surface area contributed by atoms with Gasteiger partial charge >= 0.3 is 0 Å². The van der Waals surface area contributed by atoms with E-state index in [2.05, 4.69) is 16.8 Å². The maximum Gasteiger partial charge on any atom is 0.236 e. The number of sulfonamides is 1. The van der Waals surface area contributed by atoms with Gasteiger partial charge in [-0.05, 0) is 12.8 Å². The van der Waals surface area contributed by atoms with Crippen LogP contribution in [0.5, 0.6) is 0 Å². The normalized spacial score (nSPS) is 18.2. The van der Waals surface area contributed by atoms with E-state index in [0.717, 1.165) is 11.3 Å². The van der Waals surface area contributed by atoms with Crippen LogP contribution in [0.3, 0.4) is 0 Å². The summed E-state index contributed by atoms with van der Waals surface area (Å²) in [5.74, 6) is 5.84. The average Bonchev–Trinajstić information content (AvgIpc) is 2.77. The Kier molecular flexibility index (Phi) is 4.22. The summed E-state index contributed by atoms with van der Waals surface area (Å²) >= 11 is 1.27. The van der Waals surface area contributed by atoms with Crippen molar-refractivity contribution in [1.82, 2.24) is 4.98 Å². The minimum absolute atomic E-state index is 0.0269. The molecule has 0 atom stereocenters. The van der Waals surface area contributed by atoms with E-state index in [-0.39, 0.29) is 12.4 Å². The minimum Gasteiger partial charge on any atom is -0.395 e. The van der Waals surface area contributed by atoms with Crippen LogP contribution in [-0.4, -0.2) is 37.4 Å². The van der Waals surface area contributed by atoms with E-state index < -0.39 is 10.0 Å². The smallest absolute Gasteiger partial charge is 0.236 e. The summed E-state index contributed by atoms with van der Waals surface area (Å²) in [6.07, 6.45) is 3.57. The van der Waals surface area contributed by atoms with Gasteiger partial charge in [0.25, 0.3) is 0 Å². The summed E-state index contributed by atoms with van der Waals surface area (Å²) in [7, 11) is -3.20. The molecule has 1 aromatic heterocycles. The minimum atomic E-state index is -3.20. The van der Waals surface area contributed by atoms with Crippen LogP contribution in [0.15, 0.2) is 6.20 Å². The number of nitrogens with zero attached hydrogens (tertiary/aromatic N) is 2. The number of aliphatic hydroxyl groups is 1. The quantitative estimate of drug-likeness (QED) is 0.817. The standard InChI is InChI=1S/C11H14N2O3S2/c14-7-3-1-5-10-9-12-11(17-10)13-6-2-4-8-18(13,15)16/h9,14H,2-4,6-8H2. The molecular formula is C11H14N2O3S2. The second-order valence-electron chi connectivity index (χ2n) is 3.88. The van der Waals surface area contributed by atoms with Gasteiger partial charge in [-0.3, -0.25) is 0 Å². The Labute approximate surface area is 111 Å². The highest BCUT2D eigenvalue weighted by Crippen LogP contribution is 2.27. The van der Waals surface area contributed by atoms with Crippen LogP contribution in [0, 0.1) is 11.8 Å². The molecule has 98 valence electrons. The zero-order chi connectivity index (χ0) is 13.0. The number of aliphatic hydroxyl groups excluding tert-OH is 1. The first kappa shape index (κ1) is 13.3. The van der Waals surface area contributed by atoms with Gasteiger partial charge in [0.1, 0.15) is 0 Å². The van der Waals surface area contributed by atoms with Crippen molar-refractivity contribution in [1.29, 1.82) is 0 Å². The SMILES string of the molecule is O=S1(=O)CCCCN1c1ncc(C#CCCO)s1. The van der Waals surface area contributed by atoms with Crippen LogP contribution in [0.2, 0.25) is 0 Å². The third-order valence-electron chi connectivity index (χ3n) is 2.50. The molecule has 1 aliphatic heterocycles. The van der Waals surface area contributed by atoms with Gasteiger partial charge in [-0.25, -0.2) is 17.7 Å². The van der Waals surface area contributed by atoms with Crippen molar-refractivity contribution in [3.8, 4) is 11.8 Å². The van der Waals surface area contributed by atoms with Crippen LogP contribution in [-0.2, 0) is 10.0 Å². The lowest BCUT2D eigenvalue weighted by atomic mass is 10.3. The van der Waals surface area contributed by atoms with Crippen LogP contribution < -0.4 is 4.31 Å². The molecule has 1 aromatic rings. The first-order valence-corrected chi connectivity index (χ1v) is 8.12. The summed E-state index contributed by atoms with van der Waals surface area (Å²) < 4.78 is 25.1. The largest absolute Gasteiger partial charge is 0.395 e. The Morgan fingerprint density at radius 3 is 3.06 bits per heavy atom. The molecule has 1 saturated heterocycles. The number of thiazole rings is 1. The van der Waals surface area contributed by atoms with Gasteiger partial charge in [0, 0.05) is 13.0 Å². The van der Waals surface area contributed by atoms with E-state index >= 15 is 0 Å². The van der Waals surface area contributed by atoms with Crippen LogP contribution in [0.1, 0.15) is 24.1 Å². The number of aromatic nitrogens is 1. The van der Waals surface area contributed by atoms with Crippen molar-refractivity contribution < 1.29 is 13.5 Å². The molecule has 5 nitrogen and oxygen atoms in total. The third kappa shape index (κ3) is 3.02. The lowest BCUT2D eigenvalue weighted by Crippen LogP contribution is -2.37. The Hall–Kier alpha value is -1.10. The fourth-order valence-electron chi connectivity index (χ4n) is 1.65. The molecule has 1 aliphatic rings. The van der Waals surface area contributed by atoms with Gasteiger partial charge in [-0.2, -0.15) is 0 Å². The summed E-state index contributed by atoms with van der Waals surface area (Å²) in [6.45, 7) is 0.526. The van der Waals surface area contributed by atoms with Crippen molar-refractivity contribution in [2.24, 2.45) is 0 Å². The number of rotatable bonds is 2. The lowest BCUT2D eigenvalue weighted by Gasteiger charge is -2.25. The maximum absolute atomic E-state index is 11.9. The Bertz CT molecular complexity index is 569. The van der Waals surface area contributed by atoms with Gasteiger partial charge in [-0.1, -0.05) is 23.2 Å². The molecule has 0 bridgehead atoms. The second kappa shape index (κ2) is 5.69. The van der Waals surface area contributed by atoms with E-state index in [0.29, 0.717) is 24.5 Å². The van der Waals surface area contributed by atoms with Crippen molar-refractivity contribution in [3.05, 3.63) is 11.1 Å². The van der Waals surface area contributed by atoms with Gasteiger partial charge in [0.2, 0.25) is 10.0 Å². The van der Waals surface area contributed by atoms with Crippen molar-refractivity contribution in [2.75, 3.05) is 23.2 Å². The molecule has 7 heteroatoms. The lowest BCUT2D eigenvalue weighted by molar-refractivity contribution is 0.305. The highest BCUT2D eigenvalue weighted by atomic mass is 32.2. The van der Waals surface area contributed by atoms with E-state index in [1.54, 1.807) is 6.20 Å². The van der Waals surface area contributed by atoms with E-state index in [1.165, 1.54) is 15.6 Å². The maximum atomic E-state index is 11.9. The molecule has 1 fully saturated rings. The molecule has 0 unspecified atom stereocenters. The highest BCUT2D eigenvalue weighted by molar-refractivity contribution is 7.93. The molecule has 2 heterocycles. The second-order valence-corrected chi connectivity index (χ2v) is 6.90. The molecule has 0 radical (unpaired) electrons. The third-order valence-corrected chi connectivity index (χ3v) is 5.39. The van der Waals surface area contributed by atoms with Gasteiger partial charge < -0.3 is 5.11 Å². The summed E-state index contributed by atoms with van der Waals surface area (Å²) in [6, 6.07) is 0. The highest BCUT2D eigenvalue weighted by Gasteiger charge is 2.27. The zero-order valence-electron chi connectivity index (χ0n) is 9.79. The topological polar surface area (TPSA) is 70.5 Å². The molecular weight excluding hydrogens is 272 g/mol. The van der Waals surface area contributed by atoms with Crippen molar-refractivity contribution in [2.45, 2.75) is 19.3 Å². The fraction of sp³-hybridized carbons (Fsp3) is 0.545. The summed E-state index contributed by atoms with van der Waals surface area (Å²) in [4.78, 5) is 4.84. The molecule has 0 spiro atoms. The molecule has 0 aliphatic carbocycles. The molecule has 18 heavy (non-hydrogen) atoms. The fourth-order valence-corrected chi connectivity index (χ4v) is 4.31. The number of hydrogen-bond acceptors (Lipinski definition) is 5. The summed E-state index contributed by atoms with van der Waals surface area (Å²) in [5.41, 5.74) is 0. The van der Waals surface area contributed by atoms with Crippen molar-refractivity contribution in [3.63, 3.8) is 0 Å². The van der Waals surface area contributed by atoms with Crippen molar-refractivity contribution >= 4 is 26.5 Å².